The third-order valence-corrected chi connectivity index (χ3v) is 4.32. The predicted molar refractivity (Wildman–Crippen MR) is 95.4 cm³/mol. The number of nitrogens with zero attached hydrogens (tertiary/aromatic N) is 3. The number of hydrogen-bond donors (Lipinski definition) is 1. The van der Waals surface area contributed by atoms with Gasteiger partial charge in [-0.25, -0.2) is 9.78 Å². The van der Waals surface area contributed by atoms with Crippen LogP contribution in [0.2, 0.25) is 0 Å². The van der Waals surface area contributed by atoms with Gasteiger partial charge in [-0.3, -0.25) is 13.9 Å². The highest BCUT2D eigenvalue weighted by molar-refractivity contribution is 5.90. The van der Waals surface area contributed by atoms with Gasteiger partial charge < -0.3 is 5.32 Å². The Morgan fingerprint density at radius 2 is 1.75 bits per heavy atom. The summed E-state index contributed by atoms with van der Waals surface area (Å²) in [6.45, 7) is 3.94. The molecule has 0 fully saturated rings. The van der Waals surface area contributed by atoms with E-state index in [-0.39, 0.29) is 17.3 Å². The van der Waals surface area contributed by atoms with Crippen LogP contribution in [-0.4, -0.2) is 14.1 Å². The predicted octanol–water partition coefficient (Wildman–Crippen LogP) is 2.11. The first-order valence-corrected chi connectivity index (χ1v) is 7.78. The molecule has 0 amide bonds. The molecule has 24 heavy (non-hydrogen) atoms. The van der Waals surface area contributed by atoms with E-state index >= 15 is 0 Å². The van der Waals surface area contributed by atoms with Crippen molar-refractivity contribution in [2.75, 3.05) is 5.32 Å². The first-order chi connectivity index (χ1) is 11.4. The highest BCUT2D eigenvalue weighted by atomic mass is 16.2. The molecule has 2 aromatic heterocycles. The standard InChI is InChI=1S/C18H20N4O2/c1-11-10-19-16-14(17(23)22(4)18(24)21(16)3)15(11)20-12(2)13-8-6-5-7-9-13/h5-10,12H,1-4H3,(H,19,20). The van der Waals surface area contributed by atoms with Crippen LogP contribution < -0.4 is 16.6 Å². The number of nitrogens with one attached hydrogen (secondary N) is 1. The maximum absolute atomic E-state index is 12.7. The topological polar surface area (TPSA) is 68.9 Å². The highest BCUT2D eigenvalue weighted by Crippen LogP contribution is 2.26. The van der Waals surface area contributed by atoms with Gasteiger partial charge in [-0.2, -0.15) is 0 Å². The van der Waals surface area contributed by atoms with Crippen LogP contribution in [0.25, 0.3) is 11.0 Å². The summed E-state index contributed by atoms with van der Waals surface area (Å²) >= 11 is 0. The Kier molecular flexibility index (Phi) is 3.97. The molecule has 1 atom stereocenters. The van der Waals surface area contributed by atoms with Crippen LogP contribution in [0.1, 0.15) is 24.1 Å². The molecular formula is C18H20N4O2. The van der Waals surface area contributed by atoms with Crippen molar-refractivity contribution in [3.8, 4) is 0 Å². The molecule has 124 valence electrons. The van der Waals surface area contributed by atoms with Gasteiger partial charge >= 0.3 is 5.69 Å². The summed E-state index contributed by atoms with van der Waals surface area (Å²) in [7, 11) is 3.10. The molecule has 6 heteroatoms. The largest absolute Gasteiger partial charge is 0.378 e. The number of benzene rings is 1. The van der Waals surface area contributed by atoms with Gasteiger partial charge in [0, 0.05) is 26.3 Å². The van der Waals surface area contributed by atoms with Crippen LogP contribution in [0.15, 0.2) is 46.1 Å². The Labute approximate surface area is 139 Å². The minimum atomic E-state index is -0.383. The Morgan fingerprint density at radius 1 is 1.08 bits per heavy atom. The molecule has 0 radical (unpaired) electrons. The number of fused-ring (bicyclic) bond motifs is 1. The van der Waals surface area contributed by atoms with Gasteiger partial charge in [0.05, 0.1) is 5.69 Å². The highest BCUT2D eigenvalue weighted by Gasteiger charge is 2.17. The molecular weight excluding hydrogens is 304 g/mol. The average molecular weight is 324 g/mol. The van der Waals surface area contributed by atoms with E-state index in [2.05, 4.69) is 10.3 Å². The van der Waals surface area contributed by atoms with Crippen LogP contribution in [-0.2, 0) is 14.1 Å². The van der Waals surface area contributed by atoms with Crippen molar-refractivity contribution in [2.45, 2.75) is 19.9 Å². The van der Waals surface area contributed by atoms with Gasteiger partial charge in [0.1, 0.15) is 5.39 Å². The maximum Gasteiger partial charge on any atom is 0.332 e. The zero-order valence-electron chi connectivity index (χ0n) is 14.2. The average Bonchev–Trinajstić information content (AvgIpc) is 2.60. The zero-order valence-corrected chi connectivity index (χ0v) is 14.2. The van der Waals surface area contributed by atoms with E-state index in [0.717, 1.165) is 15.7 Å². The minimum absolute atomic E-state index is 0.0115. The molecule has 0 spiro atoms. The van der Waals surface area contributed by atoms with Crippen molar-refractivity contribution in [1.82, 2.24) is 14.1 Å². The van der Waals surface area contributed by atoms with E-state index in [4.69, 9.17) is 0 Å². The lowest BCUT2D eigenvalue weighted by Crippen LogP contribution is -2.37. The van der Waals surface area contributed by atoms with Gasteiger partial charge in [0.15, 0.2) is 5.65 Å². The lowest BCUT2D eigenvalue weighted by atomic mass is 10.1. The SMILES string of the molecule is Cc1cnc2c(c1NC(C)c1ccccc1)c(=O)n(C)c(=O)n2C. The zero-order chi connectivity index (χ0) is 17.4. The third-order valence-electron chi connectivity index (χ3n) is 4.32. The van der Waals surface area contributed by atoms with Gasteiger partial charge in [-0.15, -0.1) is 0 Å². The number of aromatic nitrogens is 3. The number of anilines is 1. The second-order valence-electron chi connectivity index (χ2n) is 6.00. The van der Waals surface area contributed by atoms with Gasteiger partial charge in [0.25, 0.3) is 5.56 Å². The second kappa shape index (κ2) is 5.96. The Balaban J connectivity index is 2.23. The summed E-state index contributed by atoms with van der Waals surface area (Å²) in [4.78, 5) is 29.1. The molecule has 1 N–H and O–H groups in total. The van der Waals surface area contributed by atoms with Crippen molar-refractivity contribution in [2.24, 2.45) is 14.1 Å². The van der Waals surface area contributed by atoms with Crippen LogP contribution in [0.5, 0.6) is 0 Å². The fraction of sp³-hybridized carbons (Fsp3) is 0.278. The molecule has 2 heterocycles. The quantitative estimate of drug-likeness (QED) is 0.801. The molecule has 0 saturated heterocycles. The van der Waals surface area contributed by atoms with E-state index < -0.39 is 0 Å². The van der Waals surface area contributed by atoms with Gasteiger partial charge in [-0.05, 0) is 25.0 Å². The summed E-state index contributed by atoms with van der Waals surface area (Å²) in [6, 6.07) is 10.0. The molecule has 0 bridgehead atoms. The van der Waals surface area contributed by atoms with Gasteiger partial charge in [-0.1, -0.05) is 30.3 Å². The van der Waals surface area contributed by atoms with Crippen molar-refractivity contribution in [3.63, 3.8) is 0 Å². The van der Waals surface area contributed by atoms with Crippen molar-refractivity contribution in [3.05, 3.63) is 68.5 Å². The third kappa shape index (κ3) is 2.50. The summed E-state index contributed by atoms with van der Waals surface area (Å²) in [5.74, 6) is 0. The molecule has 0 aliphatic rings. The van der Waals surface area contributed by atoms with E-state index in [0.29, 0.717) is 16.7 Å². The molecule has 0 saturated carbocycles. The smallest absolute Gasteiger partial charge is 0.332 e. The van der Waals surface area contributed by atoms with Crippen LogP contribution >= 0.6 is 0 Å². The van der Waals surface area contributed by atoms with Gasteiger partial charge in [0.2, 0.25) is 0 Å². The molecule has 1 unspecified atom stereocenters. The lowest BCUT2D eigenvalue weighted by molar-refractivity contribution is 0.707. The molecule has 1 aromatic carbocycles. The second-order valence-corrected chi connectivity index (χ2v) is 6.00. The number of hydrogen-bond acceptors (Lipinski definition) is 4. The van der Waals surface area contributed by atoms with Crippen molar-refractivity contribution >= 4 is 16.7 Å². The fourth-order valence-corrected chi connectivity index (χ4v) is 2.85. The number of pyridine rings is 1. The summed E-state index contributed by atoms with van der Waals surface area (Å²) in [5.41, 5.74) is 2.35. The Bertz CT molecular complexity index is 1020. The Hall–Kier alpha value is -2.89. The van der Waals surface area contributed by atoms with E-state index in [1.807, 2.05) is 44.2 Å². The summed E-state index contributed by atoms with van der Waals surface area (Å²) in [6.07, 6.45) is 1.68. The fourth-order valence-electron chi connectivity index (χ4n) is 2.85. The molecule has 3 aromatic rings. The minimum Gasteiger partial charge on any atom is -0.378 e. The summed E-state index contributed by atoms with van der Waals surface area (Å²) in [5, 5.41) is 3.85. The maximum atomic E-state index is 12.7. The number of rotatable bonds is 3. The molecule has 0 aliphatic heterocycles. The van der Waals surface area contributed by atoms with Crippen molar-refractivity contribution < 1.29 is 0 Å². The van der Waals surface area contributed by atoms with E-state index in [1.165, 1.54) is 11.6 Å². The van der Waals surface area contributed by atoms with E-state index in [1.54, 1.807) is 13.2 Å². The Morgan fingerprint density at radius 3 is 2.42 bits per heavy atom. The van der Waals surface area contributed by atoms with Crippen LogP contribution in [0.4, 0.5) is 5.69 Å². The molecule has 3 rings (SSSR count). The number of aryl methyl sites for hydroxylation is 2. The first kappa shape index (κ1) is 16.0. The van der Waals surface area contributed by atoms with Crippen LogP contribution in [0.3, 0.4) is 0 Å². The lowest BCUT2D eigenvalue weighted by Gasteiger charge is -2.19. The monoisotopic (exact) mass is 324 g/mol. The molecule has 0 aliphatic carbocycles. The van der Waals surface area contributed by atoms with Crippen LogP contribution in [0, 0.1) is 6.92 Å². The van der Waals surface area contributed by atoms with E-state index in [9.17, 15) is 9.59 Å². The first-order valence-electron chi connectivity index (χ1n) is 7.78. The normalized spacial score (nSPS) is 12.3. The molecule has 6 nitrogen and oxygen atoms in total. The van der Waals surface area contributed by atoms with Crippen molar-refractivity contribution in [1.29, 1.82) is 0 Å². The summed E-state index contributed by atoms with van der Waals surface area (Å²) < 4.78 is 2.51.